The number of carbonyl (C=O) groups excluding carboxylic acids is 1. The van der Waals surface area contributed by atoms with Crippen molar-refractivity contribution in [1.29, 1.82) is 0 Å². The largest absolute Gasteiger partial charge is 0.360 e. The molecule has 25 heavy (non-hydrogen) atoms. The summed E-state index contributed by atoms with van der Waals surface area (Å²) in [5.74, 6) is 1.40. The Hall–Kier alpha value is -3.03. The number of carbonyl (C=O) groups is 1. The fourth-order valence-corrected chi connectivity index (χ4v) is 3.05. The second-order valence-electron chi connectivity index (χ2n) is 6.00. The van der Waals surface area contributed by atoms with Gasteiger partial charge >= 0.3 is 0 Å². The van der Waals surface area contributed by atoms with E-state index in [-0.39, 0.29) is 12.5 Å². The zero-order valence-electron chi connectivity index (χ0n) is 13.8. The van der Waals surface area contributed by atoms with Gasteiger partial charge in [-0.2, -0.15) is 9.78 Å². The zero-order valence-corrected chi connectivity index (χ0v) is 13.8. The number of aromatic nitrogens is 5. The predicted molar refractivity (Wildman–Crippen MR) is 93.4 cm³/mol. The minimum absolute atomic E-state index is 0.101. The summed E-state index contributed by atoms with van der Waals surface area (Å²) in [5, 5.41) is 8.26. The van der Waals surface area contributed by atoms with Gasteiger partial charge < -0.3 is 10.2 Å². The maximum atomic E-state index is 12.3. The molecule has 4 heterocycles. The predicted octanol–water partition coefficient (Wildman–Crippen LogP) is 1.63. The van der Waals surface area contributed by atoms with Crippen molar-refractivity contribution in [3.05, 3.63) is 36.9 Å². The number of nitrogens with one attached hydrogen (secondary N) is 1. The Labute approximate surface area is 144 Å². The zero-order chi connectivity index (χ0) is 17.1. The number of piperidine rings is 1. The molecule has 0 unspecified atom stereocenters. The number of fused-ring (bicyclic) bond motifs is 1. The fourth-order valence-electron chi connectivity index (χ4n) is 3.05. The highest BCUT2D eigenvalue weighted by molar-refractivity contribution is 5.89. The van der Waals surface area contributed by atoms with Crippen LogP contribution in [0.25, 0.3) is 16.9 Å². The van der Waals surface area contributed by atoms with Gasteiger partial charge in [-0.3, -0.25) is 4.79 Å². The molecular formula is C17H19N7O. The Morgan fingerprint density at radius 1 is 1.12 bits per heavy atom. The molecule has 4 rings (SSSR count). The Morgan fingerprint density at radius 3 is 2.80 bits per heavy atom. The minimum atomic E-state index is 0.101. The van der Waals surface area contributed by atoms with E-state index in [0.717, 1.165) is 31.3 Å². The molecule has 1 saturated heterocycles. The van der Waals surface area contributed by atoms with Crippen molar-refractivity contribution in [2.45, 2.75) is 19.3 Å². The first kappa shape index (κ1) is 15.5. The summed E-state index contributed by atoms with van der Waals surface area (Å²) in [7, 11) is 0. The van der Waals surface area contributed by atoms with Crippen molar-refractivity contribution >= 4 is 22.8 Å². The second kappa shape index (κ2) is 6.84. The Balaban J connectivity index is 1.54. The summed E-state index contributed by atoms with van der Waals surface area (Å²) in [4.78, 5) is 27.1. The molecule has 1 N–H and O–H groups in total. The van der Waals surface area contributed by atoms with E-state index >= 15 is 0 Å². The summed E-state index contributed by atoms with van der Waals surface area (Å²) in [5.41, 5.74) is 0.654. The SMILES string of the molecule is O=C(CNc1ncnc2c1cnn2-c1ccccn1)N1CCCCC1. The van der Waals surface area contributed by atoms with E-state index in [0.29, 0.717) is 17.3 Å². The molecule has 1 fully saturated rings. The van der Waals surface area contributed by atoms with Gasteiger partial charge in [-0.1, -0.05) is 6.07 Å². The highest BCUT2D eigenvalue weighted by atomic mass is 16.2. The van der Waals surface area contributed by atoms with Crippen LogP contribution in [0.3, 0.4) is 0 Å². The van der Waals surface area contributed by atoms with Gasteiger partial charge in [-0.05, 0) is 31.4 Å². The summed E-state index contributed by atoms with van der Waals surface area (Å²) in [6, 6.07) is 5.61. The minimum Gasteiger partial charge on any atom is -0.360 e. The van der Waals surface area contributed by atoms with Crippen LogP contribution in [-0.2, 0) is 4.79 Å². The van der Waals surface area contributed by atoms with Crippen LogP contribution in [-0.4, -0.2) is 55.2 Å². The van der Waals surface area contributed by atoms with Gasteiger partial charge in [0.05, 0.1) is 18.1 Å². The van der Waals surface area contributed by atoms with Gasteiger partial charge in [0.25, 0.3) is 0 Å². The lowest BCUT2D eigenvalue weighted by Gasteiger charge is -2.26. The molecule has 0 spiro atoms. The molecule has 8 nitrogen and oxygen atoms in total. The average Bonchev–Trinajstić information content (AvgIpc) is 3.12. The Kier molecular flexibility index (Phi) is 4.24. The molecule has 0 atom stereocenters. The van der Waals surface area contributed by atoms with Crippen molar-refractivity contribution in [1.82, 2.24) is 29.6 Å². The van der Waals surface area contributed by atoms with Crippen LogP contribution >= 0.6 is 0 Å². The molecule has 1 amide bonds. The van der Waals surface area contributed by atoms with Crippen molar-refractivity contribution < 1.29 is 4.79 Å². The fraction of sp³-hybridized carbons (Fsp3) is 0.353. The van der Waals surface area contributed by atoms with E-state index in [9.17, 15) is 4.79 Å². The quantitative estimate of drug-likeness (QED) is 0.778. The third kappa shape index (κ3) is 3.15. The van der Waals surface area contributed by atoms with Crippen LogP contribution in [0.5, 0.6) is 0 Å². The van der Waals surface area contributed by atoms with Crippen molar-refractivity contribution in [3.63, 3.8) is 0 Å². The molecule has 8 heteroatoms. The molecule has 0 aromatic carbocycles. The summed E-state index contributed by atoms with van der Waals surface area (Å²) in [6.07, 6.45) is 8.24. The van der Waals surface area contributed by atoms with Crippen molar-refractivity contribution in [2.24, 2.45) is 0 Å². The molecular weight excluding hydrogens is 318 g/mol. The summed E-state index contributed by atoms with van der Waals surface area (Å²) in [6.45, 7) is 1.91. The van der Waals surface area contributed by atoms with Gasteiger partial charge in [0.1, 0.15) is 12.1 Å². The van der Waals surface area contributed by atoms with Crippen LogP contribution < -0.4 is 5.32 Å². The van der Waals surface area contributed by atoms with E-state index in [1.807, 2.05) is 23.1 Å². The topological polar surface area (TPSA) is 88.8 Å². The standard InChI is InChI=1S/C17H19N7O/c25-15(23-8-4-1-5-9-23)11-19-16-13-10-22-24(17(13)21-12-20-16)14-6-2-3-7-18-14/h2-3,6-7,10,12H,1,4-5,8-9,11H2,(H,19,20,21). The molecule has 3 aromatic heterocycles. The third-order valence-corrected chi connectivity index (χ3v) is 4.35. The number of likely N-dealkylation sites (tertiary alicyclic amines) is 1. The van der Waals surface area contributed by atoms with Crippen molar-refractivity contribution in [3.8, 4) is 5.82 Å². The van der Waals surface area contributed by atoms with Gasteiger partial charge in [-0.25, -0.2) is 15.0 Å². The third-order valence-electron chi connectivity index (χ3n) is 4.35. The van der Waals surface area contributed by atoms with Crippen LogP contribution in [0, 0.1) is 0 Å². The van der Waals surface area contributed by atoms with E-state index < -0.39 is 0 Å². The van der Waals surface area contributed by atoms with Crippen LogP contribution in [0.15, 0.2) is 36.9 Å². The molecule has 0 radical (unpaired) electrons. The van der Waals surface area contributed by atoms with E-state index in [4.69, 9.17) is 0 Å². The maximum absolute atomic E-state index is 12.3. The summed E-state index contributed by atoms with van der Waals surface area (Å²) >= 11 is 0. The first-order valence-electron chi connectivity index (χ1n) is 8.45. The maximum Gasteiger partial charge on any atom is 0.241 e. The number of anilines is 1. The number of rotatable bonds is 4. The van der Waals surface area contributed by atoms with Gasteiger partial charge in [0.2, 0.25) is 5.91 Å². The summed E-state index contributed by atoms with van der Waals surface area (Å²) < 4.78 is 1.66. The number of amides is 1. The molecule has 0 bridgehead atoms. The number of hydrogen-bond acceptors (Lipinski definition) is 6. The monoisotopic (exact) mass is 337 g/mol. The van der Waals surface area contributed by atoms with E-state index in [2.05, 4.69) is 25.4 Å². The van der Waals surface area contributed by atoms with Gasteiger partial charge in [0, 0.05) is 19.3 Å². The molecule has 1 aliphatic rings. The first-order valence-corrected chi connectivity index (χ1v) is 8.45. The lowest BCUT2D eigenvalue weighted by Crippen LogP contribution is -2.39. The molecule has 0 aliphatic carbocycles. The normalized spacial score (nSPS) is 14.6. The average molecular weight is 337 g/mol. The molecule has 3 aromatic rings. The lowest BCUT2D eigenvalue weighted by atomic mass is 10.1. The van der Waals surface area contributed by atoms with Gasteiger partial charge in [-0.15, -0.1) is 0 Å². The molecule has 1 aliphatic heterocycles. The number of hydrogen-bond donors (Lipinski definition) is 1. The lowest BCUT2D eigenvalue weighted by molar-refractivity contribution is -0.130. The number of nitrogens with zero attached hydrogens (tertiary/aromatic N) is 6. The second-order valence-corrected chi connectivity index (χ2v) is 6.00. The first-order chi connectivity index (χ1) is 12.3. The van der Waals surface area contributed by atoms with Gasteiger partial charge in [0.15, 0.2) is 11.5 Å². The van der Waals surface area contributed by atoms with Crippen LogP contribution in [0.4, 0.5) is 5.82 Å². The number of pyridine rings is 1. The Bertz CT molecular complexity index is 871. The molecule has 128 valence electrons. The highest BCUT2D eigenvalue weighted by Gasteiger charge is 2.17. The molecule has 0 saturated carbocycles. The smallest absolute Gasteiger partial charge is 0.241 e. The Morgan fingerprint density at radius 2 is 2.00 bits per heavy atom. The van der Waals surface area contributed by atoms with Crippen LogP contribution in [0.2, 0.25) is 0 Å². The highest BCUT2D eigenvalue weighted by Crippen LogP contribution is 2.20. The van der Waals surface area contributed by atoms with E-state index in [1.165, 1.54) is 12.7 Å². The van der Waals surface area contributed by atoms with Crippen molar-refractivity contribution in [2.75, 3.05) is 25.0 Å². The van der Waals surface area contributed by atoms with E-state index in [1.54, 1.807) is 17.1 Å². The van der Waals surface area contributed by atoms with Crippen LogP contribution in [0.1, 0.15) is 19.3 Å².